The molecule has 1 amide bonds. The number of nitrogen functional groups attached to an aromatic ring is 1. The van der Waals surface area contributed by atoms with Crippen molar-refractivity contribution in [3.63, 3.8) is 0 Å². The van der Waals surface area contributed by atoms with Crippen LogP contribution < -0.4 is 11.1 Å². The lowest BCUT2D eigenvalue weighted by Crippen LogP contribution is -2.22. The van der Waals surface area contributed by atoms with Crippen LogP contribution in [-0.4, -0.2) is 38.4 Å². The highest BCUT2D eigenvalue weighted by Gasteiger charge is 2.21. The summed E-state index contributed by atoms with van der Waals surface area (Å²) >= 11 is 5.98. The number of aryl methyl sites for hydroxylation is 1. The van der Waals surface area contributed by atoms with Crippen LogP contribution in [0, 0.1) is 6.92 Å². The Labute approximate surface area is 151 Å². The Bertz CT molecular complexity index is 934. The maximum Gasteiger partial charge on any atom is 0.346 e. The van der Waals surface area contributed by atoms with E-state index in [2.05, 4.69) is 25.1 Å². The van der Waals surface area contributed by atoms with E-state index in [-0.39, 0.29) is 17.1 Å². The predicted molar refractivity (Wildman–Crippen MR) is 90.9 cm³/mol. The number of nitrogens with one attached hydrogen (secondary N) is 1. The molecule has 0 fully saturated rings. The molecule has 1 aromatic carbocycles. The van der Waals surface area contributed by atoms with Crippen LogP contribution in [0.1, 0.15) is 16.1 Å². The fourth-order valence-electron chi connectivity index (χ4n) is 2.17. The van der Waals surface area contributed by atoms with Gasteiger partial charge in [-0.3, -0.25) is 4.79 Å². The Hall–Kier alpha value is -3.40. The zero-order valence-electron chi connectivity index (χ0n) is 13.5. The number of rotatable bonds is 5. The predicted octanol–water partition coefficient (Wildman–Crippen LogP) is 1.59. The number of hydrogen-bond donors (Lipinski definition) is 2. The van der Waals surface area contributed by atoms with E-state index in [1.165, 1.54) is 24.3 Å². The number of carbonyl (C=O) groups is 2. The van der Waals surface area contributed by atoms with E-state index >= 15 is 0 Å². The normalized spacial score (nSPS) is 10.5. The molecule has 0 aliphatic heterocycles. The molecule has 2 heterocycles. The summed E-state index contributed by atoms with van der Waals surface area (Å²) in [6.07, 6.45) is 2.82. The summed E-state index contributed by atoms with van der Waals surface area (Å²) in [6.45, 7) is 0.999. The van der Waals surface area contributed by atoms with E-state index in [1.807, 2.05) is 0 Å². The van der Waals surface area contributed by atoms with E-state index in [9.17, 15) is 9.59 Å². The number of hydrogen-bond acceptors (Lipinski definition) is 8. The van der Waals surface area contributed by atoms with Crippen molar-refractivity contribution in [2.24, 2.45) is 0 Å². The summed E-state index contributed by atoms with van der Waals surface area (Å²) in [4.78, 5) is 28.0. The van der Waals surface area contributed by atoms with Gasteiger partial charge in [-0.1, -0.05) is 16.8 Å². The molecule has 0 spiro atoms. The highest BCUT2D eigenvalue weighted by atomic mass is 35.5. The van der Waals surface area contributed by atoms with Gasteiger partial charge < -0.3 is 20.3 Å². The van der Waals surface area contributed by atoms with Gasteiger partial charge in [0.15, 0.2) is 6.61 Å². The first-order valence-corrected chi connectivity index (χ1v) is 7.66. The number of aromatic nitrogens is 4. The number of nitrogens with two attached hydrogens (primary N) is 1. The molecule has 0 atom stereocenters. The lowest BCUT2D eigenvalue weighted by atomic mass is 10.2. The third-order valence-corrected chi connectivity index (χ3v) is 3.56. The van der Waals surface area contributed by atoms with Crippen LogP contribution in [-0.2, 0) is 9.53 Å². The molecule has 0 unspecified atom stereocenters. The minimum atomic E-state index is -0.806. The van der Waals surface area contributed by atoms with Crippen molar-refractivity contribution in [1.82, 2.24) is 19.9 Å². The first-order chi connectivity index (χ1) is 12.5. The molecular weight excluding hydrogens is 364 g/mol. The Morgan fingerprint density at radius 2 is 2.23 bits per heavy atom. The van der Waals surface area contributed by atoms with Gasteiger partial charge in [0.25, 0.3) is 5.91 Å². The number of halogens is 1. The van der Waals surface area contributed by atoms with Gasteiger partial charge in [0, 0.05) is 5.02 Å². The van der Waals surface area contributed by atoms with E-state index in [0.717, 1.165) is 0 Å². The minimum Gasteiger partial charge on any atom is -0.452 e. The Kier molecular flexibility index (Phi) is 4.85. The molecule has 3 aromatic rings. The number of carbonyl (C=O) groups excluding carboxylic acids is 2. The molecular formula is C15H13ClN6O4. The minimum absolute atomic E-state index is 0.0103. The van der Waals surface area contributed by atoms with E-state index < -0.39 is 18.5 Å². The van der Waals surface area contributed by atoms with Gasteiger partial charge in [0.1, 0.15) is 18.2 Å². The molecule has 0 radical (unpaired) electrons. The van der Waals surface area contributed by atoms with Gasteiger partial charge in [-0.05, 0) is 25.1 Å². The lowest BCUT2D eigenvalue weighted by molar-refractivity contribution is -0.119. The first kappa shape index (κ1) is 17.4. The largest absolute Gasteiger partial charge is 0.452 e. The number of ether oxygens (including phenoxy) is 1. The molecule has 3 rings (SSSR count). The van der Waals surface area contributed by atoms with Crippen molar-refractivity contribution in [1.29, 1.82) is 0 Å². The summed E-state index contributed by atoms with van der Waals surface area (Å²) in [5.41, 5.74) is 6.69. The van der Waals surface area contributed by atoms with Crippen molar-refractivity contribution < 1.29 is 18.8 Å². The lowest BCUT2D eigenvalue weighted by Gasteiger charge is -2.11. The van der Waals surface area contributed by atoms with Crippen molar-refractivity contribution in [3.05, 3.63) is 47.1 Å². The number of esters is 1. The second kappa shape index (κ2) is 7.23. The van der Waals surface area contributed by atoms with Crippen LogP contribution in [0.3, 0.4) is 0 Å². The van der Waals surface area contributed by atoms with E-state index in [1.54, 1.807) is 18.2 Å². The fourth-order valence-corrected chi connectivity index (χ4v) is 2.34. The molecule has 10 nitrogen and oxygen atoms in total. The summed E-state index contributed by atoms with van der Waals surface area (Å²) in [5, 5.41) is 10.6. The summed E-state index contributed by atoms with van der Waals surface area (Å²) < 4.78 is 11.1. The Morgan fingerprint density at radius 1 is 1.42 bits per heavy atom. The molecule has 0 saturated carbocycles. The molecule has 3 N–H and O–H groups in total. The van der Waals surface area contributed by atoms with Gasteiger partial charge in [-0.2, -0.15) is 5.10 Å². The van der Waals surface area contributed by atoms with E-state index in [4.69, 9.17) is 22.1 Å². The van der Waals surface area contributed by atoms with Crippen molar-refractivity contribution in [3.8, 4) is 5.69 Å². The van der Waals surface area contributed by atoms with Crippen LogP contribution in [0.15, 0.2) is 35.4 Å². The molecule has 134 valence electrons. The quantitative estimate of drug-likeness (QED) is 0.640. The third kappa shape index (κ3) is 3.64. The Balaban J connectivity index is 1.69. The Morgan fingerprint density at radius 3 is 2.88 bits per heavy atom. The maximum absolute atomic E-state index is 12.1. The number of benzene rings is 1. The maximum atomic E-state index is 12.1. The molecule has 0 saturated heterocycles. The standard InChI is InChI=1S/C15H13ClN6O4/c1-8-13(14(17)26-21-8)15(24)25-5-12(23)20-10-4-9(16)2-3-11(10)22-7-18-6-19-22/h2-4,6-7H,5,17H2,1H3,(H,20,23). The van der Waals surface area contributed by atoms with Crippen molar-refractivity contribution in [2.75, 3.05) is 17.7 Å². The summed E-state index contributed by atoms with van der Waals surface area (Å²) in [7, 11) is 0. The average Bonchev–Trinajstić information content (AvgIpc) is 3.23. The number of amides is 1. The van der Waals surface area contributed by atoms with E-state index in [0.29, 0.717) is 16.4 Å². The first-order valence-electron chi connectivity index (χ1n) is 7.29. The molecule has 0 bridgehead atoms. The van der Waals surface area contributed by atoms with Crippen molar-refractivity contribution in [2.45, 2.75) is 6.92 Å². The molecule has 0 aliphatic rings. The summed E-state index contributed by atoms with van der Waals surface area (Å²) in [5.74, 6) is -1.55. The van der Waals surface area contributed by atoms with Gasteiger partial charge in [0.2, 0.25) is 5.88 Å². The number of nitrogens with zero attached hydrogens (tertiary/aromatic N) is 4. The van der Waals surface area contributed by atoms with Gasteiger partial charge in [-0.15, -0.1) is 0 Å². The van der Waals surface area contributed by atoms with Crippen LogP contribution >= 0.6 is 11.6 Å². The van der Waals surface area contributed by atoms with Gasteiger partial charge in [0.05, 0.1) is 17.1 Å². The van der Waals surface area contributed by atoms with Gasteiger partial charge in [-0.25, -0.2) is 14.5 Å². The highest BCUT2D eigenvalue weighted by molar-refractivity contribution is 6.31. The van der Waals surface area contributed by atoms with Crippen LogP contribution in [0.5, 0.6) is 0 Å². The molecule has 0 aliphatic carbocycles. The zero-order valence-corrected chi connectivity index (χ0v) is 14.2. The zero-order chi connectivity index (χ0) is 18.7. The second-order valence-electron chi connectivity index (χ2n) is 5.13. The van der Waals surface area contributed by atoms with Crippen molar-refractivity contribution >= 4 is 35.0 Å². The SMILES string of the molecule is Cc1noc(N)c1C(=O)OCC(=O)Nc1cc(Cl)ccc1-n1cncn1. The van der Waals surface area contributed by atoms with Crippen LogP contribution in [0.4, 0.5) is 11.6 Å². The average molecular weight is 377 g/mol. The highest BCUT2D eigenvalue weighted by Crippen LogP contribution is 2.24. The second-order valence-corrected chi connectivity index (χ2v) is 5.57. The molecule has 11 heteroatoms. The number of anilines is 2. The van der Waals surface area contributed by atoms with Crippen LogP contribution in [0.2, 0.25) is 5.02 Å². The van der Waals surface area contributed by atoms with Crippen LogP contribution in [0.25, 0.3) is 5.69 Å². The molecule has 2 aromatic heterocycles. The topological polar surface area (TPSA) is 138 Å². The smallest absolute Gasteiger partial charge is 0.346 e. The summed E-state index contributed by atoms with van der Waals surface area (Å²) in [6, 6.07) is 4.85. The third-order valence-electron chi connectivity index (χ3n) is 3.33. The fraction of sp³-hybridized carbons (Fsp3) is 0.133. The monoisotopic (exact) mass is 376 g/mol. The van der Waals surface area contributed by atoms with Gasteiger partial charge >= 0.3 is 5.97 Å². The molecule has 26 heavy (non-hydrogen) atoms.